The van der Waals surface area contributed by atoms with Crippen molar-refractivity contribution in [1.29, 1.82) is 0 Å². The third-order valence-electron chi connectivity index (χ3n) is 2.22. The molecule has 0 atom stereocenters. The van der Waals surface area contributed by atoms with E-state index in [4.69, 9.17) is 4.74 Å². The normalized spacial score (nSPS) is 15.4. The van der Waals surface area contributed by atoms with Crippen molar-refractivity contribution in [2.75, 3.05) is 6.54 Å². The molecule has 0 spiro atoms. The van der Waals surface area contributed by atoms with E-state index >= 15 is 0 Å². The van der Waals surface area contributed by atoms with Gasteiger partial charge in [-0.15, -0.1) is 0 Å². The monoisotopic (exact) mass is 225 g/mol. The minimum Gasteiger partial charge on any atom is -0.444 e. The third-order valence-corrected chi connectivity index (χ3v) is 2.22. The Morgan fingerprint density at radius 1 is 1.38 bits per heavy atom. The maximum Gasteiger partial charge on any atom is 0.408 e. The average molecular weight is 225 g/mol. The Bertz CT molecular complexity index is 311. The van der Waals surface area contributed by atoms with Gasteiger partial charge in [-0.25, -0.2) is 4.79 Å². The lowest BCUT2D eigenvalue weighted by atomic mass is 10.1. The number of carbonyl (C=O) groups is 2. The second-order valence-electron chi connectivity index (χ2n) is 5.08. The van der Waals surface area contributed by atoms with Crippen LogP contribution < -0.4 is 5.32 Å². The van der Waals surface area contributed by atoms with Crippen molar-refractivity contribution in [3.8, 4) is 0 Å². The van der Waals surface area contributed by atoms with Gasteiger partial charge in [0.05, 0.1) is 6.54 Å². The first kappa shape index (κ1) is 12.7. The van der Waals surface area contributed by atoms with Gasteiger partial charge in [0.15, 0.2) is 5.78 Å². The topological polar surface area (TPSA) is 55.4 Å². The first-order chi connectivity index (χ1) is 7.29. The minimum absolute atomic E-state index is 0.0236. The summed E-state index contributed by atoms with van der Waals surface area (Å²) >= 11 is 0. The van der Waals surface area contributed by atoms with Gasteiger partial charge in [0.2, 0.25) is 0 Å². The molecule has 1 aliphatic rings. The molecule has 0 aliphatic heterocycles. The lowest BCUT2D eigenvalue weighted by Crippen LogP contribution is -2.35. The minimum atomic E-state index is -0.565. The molecule has 1 amide bonds. The number of hydrogen-bond acceptors (Lipinski definition) is 3. The Kier molecular flexibility index (Phi) is 3.73. The number of nitrogens with one attached hydrogen (secondary N) is 1. The van der Waals surface area contributed by atoms with Gasteiger partial charge in [0.1, 0.15) is 5.60 Å². The number of Topliss-reactive ketones (excluding diaryl/α,β-unsaturated/α-hetero) is 1. The molecule has 0 bridgehead atoms. The quantitative estimate of drug-likeness (QED) is 0.745. The molecule has 4 nitrogen and oxygen atoms in total. The molecule has 1 aliphatic carbocycles. The van der Waals surface area contributed by atoms with Gasteiger partial charge in [-0.3, -0.25) is 4.79 Å². The van der Waals surface area contributed by atoms with Crippen LogP contribution in [0.4, 0.5) is 4.79 Å². The van der Waals surface area contributed by atoms with E-state index in [0.717, 1.165) is 12.8 Å². The molecule has 1 saturated carbocycles. The molecule has 16 heavy (non-hydrogen) atoms. The molecule has 0 aromatic rings. The summed E-state index contributed by atoms with van der Waals surface area (Å²) in [6, 6.07) is 0. The van der Waals surface area contributed by atoms with Crippen molar-refractivity contribution in [2.45, 2.75) is 39.2 Å². The molecular weight excluding hydrogens is 206 g/mol. The predicted octanol–water partition coefficient (Wildman–Crippen LogP) is 2.05. The Morgan fingerprint density at radius 2 is 1.94 bits per heavy atom. The van der Waals surface area contributed by atoms with E-state index in [9.17, 15) is 9.59 Å². The Balaban J connectivity index is 2.26. The zero-order valence-electron chi connectivity index (χ0n) is 10.1. The van der Waals surface area contributed by atoms with E-state index in [1.54, 1.807) is 20.8 Å². The van der Waals surface area contributed by atoms with Crippen LogP contribution in [-0.4, -0.2) is 24.0 Å². The van der Waals surface area contributed by atoms with Gasteiger partial charge in [-0.2, -0.15) is 0 Å². The Labute approximate surface area is 96.0 Å². The third kappa shape index (κ3) is 4.47. The molecule has 1 N–H and O–H groups in total. The summed E-state index contributed by atoms with van der Waals surface area (Å²) in [6.07, 6.45) is 1.51. The predicted molar refractivity (Wildman–Crippen MR) is 61.1 cm³/mol. The van der Waals surface area contributed by atoms with E-state index in [0.29, 0.717) is 11.5 Å². The molecular formula is C12H19NO3. The van der Waals surface area contributed by atoms with Crippen molar-refractivity contribution < 1.29 is 14.3 Å². The van der Waals surface area contributed by atoms with Crippen LogP contribution in [0.3, 0.4) is 0 Å². The van der Waals surface area contributed by atoms with Crippen molar-refractivity contribution >= 4 is 11.9 Å². The van der Waals surface area contributed by atoms with Crippen LogP contribution in [0.2, 0.25) is 0 Å². The van der Waals surface area contributed by atoms with Crippen LogP contribution in [0.25, 0.3) is 0 Å². The van der Waals surface area contributed by atoms with E-state index in [1.165, 1.54) is 0 Å². The number of alkyl carbamates (subject to hydrolysis) is 1. The largest absolute Gasteiger partial charge is 0.444 e. The lowest BCUT2D eigenvalue weighted by molar-refractivity contribution is -0.115. The van der Waals surface area contributed by atoms with Gasteiger partial charge >= 0.3 is 6.09 Å². The molecule has 0 unspecified atom stereocenters. The highest BCUT2D eigenvalue weighted by Crippen LogP contribution is 2.35. The fraction of sp³-hybridized carbons (Fsp3) is 0.667. The second-order valence-corrected chi connectivity index (χ2v) is 5.08. The van der Waals surface area contributed by atoms with E-state index in [1.807, 2.05) is 0 Å². The van der Waals surface area contributed by atoms with E-state index in [-0.39, 0.29) is 12.3 Å². The number of carbonyl (C=O) groups excluding carboxylic acids is 2. The maximum absolute atomic E-state index is 11.5. The SMILES string of the molecule is C=C(C(=O)CNC(=O)OC(C)(C)C)C1CC1. The molecule has 0 saturated heterocycles. The standard InChI is InChI=1S/C12H19NO3/c1-8(9-5-6-9)10(14)7-13-11(15)16-12(2,3)4/h9H,1,5-7H2,2-4H3,(H,13,15). The number of hydrogen-bond donors (Lipinski definition) is 1. The Morgan fingerprint density at radius 3 is 2.38 bits per heavy atom. The molecule has 4 heteroatoms. The first-order valence-corrected chi connectivity index (χ1v) is 5.48. The highest BCUT2D eigenvalue weighted by Gasteiger charge is 2.28. The summed E-state index contributed by atoms with van der Waals surface area (Å²) in [4.78, 5) is 22.8. The van der Waals surface area contributed by atoms with Gasteiger partial charge in [0, 0.05) is 0 Å². The maximum atomic E-state index is 11.5. The molecule has 1 rings (SSSR count). The molecule has 0 aromatic heterocycles. The van der Waals surface area contributed by atoms with Crippen molar-refractivity contribution in [3.63, 3.8) is 0 Å². The van der Waals surface area contributed by atoms with E-state index < -0.39 is 11.7 Å². The summed E-state index contributed by atoms with van der Waals surface area (Å²) < 4.78 is 5.01. The Hall–Kier alpha value is -1.32. The first-order valence-electron chi connectivity index (χ1n) is 5.48. The van der Waals surface area contributed by atoms with Gasteiger partial charge < -0.3 is 10.1 Å². The van der Waals surface area contributed by atoms with Gasteiger partial charge in [0.25, 0.3) is 0 Å². The summed E-state index contributed by atoms with van der Waals surface area (Å²) in [5.74, 6) is 0.237. The molecule has 1 fully saturated rings. The van der Waals surface area contributed by atoms with Crippen LogP contribution >= 0.6 is 0 Å². The molecule has 90 valence electrons. The fourth-order valence-corrected chi connectivity index (χ4v) is 1.24. The summed E-state index contributed by atoms with van der Waals surface area (Å²) in [7, 11) is 0. The highest BCUT2D eigenvalue weighted by atomic mass is 16.6. The van der Waals surface area contributed by atoms with Crippen LogP contribution in [0.5, 0.6) is 0 Å². The number of ketones is 1. The zero-order valence-corrected chi connectivity index (χ0v) is 10.1. The van der Waals surface area contributed by atoms with Crippen LogP contribution in [0, 0.1) is 5.92 Å². The average Bonchev–Trinajstić information content (AvgIpc) is 2.93. The van der Waals surface area contributed by atoms with Crippen LogP contribution in [-0.2, 0) is 9.53 Å². The number of ether oxygens (including phenoxy) is 1. The lowest BCUT2D eigenvalue weighted by Gasteiger charge is -2.19. The smallest absolute Gasteiger partial charge is 0.408 e. The zero-order chi connectivity index (χ0) is 12.3. The van der Waals surface area contributed by atoms with Gasteiger partial charge in [-0.1, -0.05) is 6.58 Å². The van der Waals surface area contributed by atoms with Crippen LogP contribution in [0.15, 0.2) is 12.2 Å². The van der Waals surface area contributed by atoms with E-state index in [2.05, 4.69) is 11.9 Å². The summed E-state index contributed by atoms with van der Waals surface area (Å²) in [6.45, 7) is 9.03. The molecule has 0 aromatic carbocycles. The number of amides is 1. The highest BCUT2D eigenvalue weighted by molar-refractivity contribution is 5.98. The molecule has 0 heterocycles. The van der Waals surface area contributed by atoms with Crippen molar-refractivity contribution in [2.24, 2.45) is 5.92 Å². The van der Waals surface area contributed by atoms with Gasteiger partial charge in [-0.05, 0) is 45.1 Å². The number of rotatable bonds is 4. The van der Waals surface area contributed by atoms with Crippen molar-refractivity contribution in [3.05, 3.63) is 12.2 Å². The summed E-state index contributed by atoms with van der Waals surface area (Å²) in [5.41, 5.74) is 0.0803. The van der Waals surface area contributed by atoms with Crippen molar-refractivity contribution in [1.82, 2.24) is 5.32 Å². The summed E-state index contributed by atoms with van der Waals surface area (Å²) in [5, 5.41) is 2.43. The second kappa shape index (κ2) is 4.68. The molecule has 0 radical (unpaired) electrons. The van der Waals surface area contributed by atoms with Crippen LogP contribution in [0.1, 0.15) is 33.6 Å². The fourth-order valence-electron chi connectivity index (χ4n) is 1.24.